The van der Waals surface area contributed by atoms with Crippen LogP contribution in [0.1, 0.15) is 12.5 Å². The van der Waals surface area contributed by atoms with Crippen LogP contribution in [0.5, 0.6) is 5.75 Å². The minimum absolute atomic E-state index is 0.110. The summed E-state index contributed by atoms with van der Waals surface area (Å²) in [6.07, 6.45) is 2.77. The van der Waals surface area contributed by atoms with E-state index in [1.165, 1.54) is 31.4 Å². The number of hydrogen-bond acceptors (Lipinski definition) is 7. The van der Waals surface area contributed by atoms with E-state index in [9.17, 15) is 4.79 Å². The van der Waals surface area contributed by atoms with Gasteiger partial charge in [-0.3, -0.25) is 21.1 Å². The number of carbonyl (C=O) groups is 1. The van der Waals surface area contributed by atoms with Crippen LogP contribution in [0, 0.1) is 5.41 Å². The maximum Gasteiger partial charge on any atom is 0.232 e. The molecule has 0 aliphatic heterocycles. The fourth-order valence-electron chi connectivity index (χ4n) is 1.66. The van der Waals surface area contributed by atoms with E-state index in [0.29, 0.717) is 17.0 Å². The molecule has 2 rings (SSSR count). The van der Waals surface area contributed by atoms with Crippen LogP contribution in [0.2, 0.25) is 0 Å². The van der Waals surface area contributed by atoms with Crippen molar-refractivity contribution in [3.8, 4) is 5.75 Å². The van der Waals surface area contributed by atoms with Gasteiger partial charge in [0.25, 0.3) is 0 Å². The van der Waals surface area contributed by atoms with Crippen molar-refractivity contribution in [2.75, 3.05) is 12.5 Å². The zero-order valence-corrected chi connectivity index (χ0v) is 11.5. The van der Waals surface area contributed by atoms with Gasteiger partial charge in [0.05, 0.1) is 7.11 Å². The van der Waals surface area contributed by atoms with Gasteiger partial charge in [-0.25, -0.2) is 9.67 Å². The number of para-hydroxylation sites is 1. The monoisotopic (exact) mass is 289 g/mol. The first-order chi connectivity index (χ1) is 10.1. The van der Waals surface area contributed by atoms with Crippen molar-refractivity contribution >= 4 is 17.4 Å². The predicted octanol–water partition coefficient (Wildman–Crippen LogP) is 0.128. The van der Waals surface area contributed by atoms with Crippen molar-refractivity contribution in [1.82, 2.24) is 25.7 Å². The summed E-state index contributed by atoms with van der Waals surface area (Å²) in [6.45, 7) is 1.37. The Balaban J connectivity index is 2.31. The van der Waals surface area contributed by atoms with Gasteiger partial charge in [-0.15, -0.1) is 5.53 Å². The molecule has 0 radical (unpaired) electrons. The van der Waals surface area contributed by atoms with E-state index in [4.69, 9.17) is 10.1 Å². The van der Waals surface area contributed by atoms with E-state index < -0.39 is 0 Å². The molecule has 9 heteroatoms. The highest BCUT2D eigenvalue weighted by Gasteiger charge is 2.14. The Kier molecular flexibility index (Phi) is 4.46. The van der Waals surface area contributed by atoms with Crippen LogP contribution in [0.25, 0.3) is 0 Å². The third kappa shape index (κ3) is 3.34. The van der Waals surface area contributed by atoms with E-state index >= 15 is 0 Å². The topological polar surface area (TPSA) is 117 Å². The highest BCUT2D eigenvalue weighted by Crippen LogP contribution is 2.28. The third-order valence-corrected chi connectivity index (χ3v) is 2.58. The van der Waals surface area contributed by atoms with Crippen LogP contribution in [0.4, 0.5) is 5.69 Å². The highest BCUT2D eigenvalue weighted by atomic mass is 16.5. The van der Waals surface area contributed by atoms with Crippen molar-refractivity contribution in [1.29, 1.82) is 5.41 Å². The number of nitrogens with one attached hydrogen (secondary N) is 4. The SMILES string of the molecule is COc1cccc(C(=N)n2cncn2)c1NNNC(C)=O. The number of nitrogens with zero attached hydrogens (tertiary/aromatic N) is 3. The molecule has 4 N–H and O–H groups in total. The summed E-state index contributed by atoms with van der Waals surface area (Å²) in [5, 5.41) is 12.1. The molecule has 0 fully saturated rings. The summed E-state index contributed by atoms with van der Waals surface area (Å²) in [4.78, 5) is 14.7. The number of rotatable bonds is 5. The van der Waals surface area contributed by atoms with E-state index in [0.717, 1.165) is 0 Å². The summed E-state index contributed by atoms with van der Waals surface area (Å²) in [7, 11) is 1.52. The summed E-state index contributed by atoms with van der Waals surface area (Å²) in [5.41, 5.74) is 8.75. The molecule has 0 aliphatic rings. The van der Waals surface area contributed by atoms with Crippen LogP contribution < -0.4 is 21.1 Å². The lowest BCUT2D eigenvalue weighted by Gasteiger charge is -2.16. The first-order valence-corrected chi connectivity index (χ1v) is 6.02. The second-order valence-corrected chi connectivity index (χ2v) is 4.00. The number of carbonyl (C=O) groups excluding carboxylic acids is 1. The van der Waals surface area contributed by atoms with Gasteiger partial charge in [-0.05, 0) is 12.1 Å². The minimum atomic E-state index is -0.259. The third-order valence-electron chi connectivity index (χ3n) is 2.58. The molecule has 9 nitrogen and oxygen atoms in total. The number of methoxy groups -OCH3 is 1. The van der Waals surface area contributed by atoms with Crippen LogP contribution in [0.3, 0.4) is 0 Å². The maximum absolute atomic E-state index is 10.9. The molecule has 0 saturated carbocycles. The second kappa shape index (κ2) is 6.48. The Morgan fingerprint density at radius 2 is 2.24 bits per heavy atom. The first kappa shape index (κ1) is 14.5. The van der Waals surface area contributed by atoms with Crippen molar-refractivity contribution in [3.63, 3.8) is 0 Å². The Hall–Kier alpha value is -2.94. The van der Waals surface area contributed by atoms with Gasteiger partial charge in [-0.2, -0.15) is 5.10 Å². The average Bonchev–Trinajstić information content (AvgIpc) is 3.00. The molecule has 21 heavy (non-hydrogen) atoms. The molecular formula is C12H15N7O2. The normalized spacial score (nSPS) is 10.0. The van der Waals surface area contributed by atoms with Gasteiger partial charge in [0, 0.05) is 12.5 Å². The van der Waals surface area contributed by atoms with E-state index in [1.54, 1.807) is 18.2 Å². The van der Waals surface area contributed by atoms with Crippen molar-refractivity contribution in [3.05, 3.63) is 36.4 Å². The number of aromatic nitrogens is 3. The quantitative estimate of drug-likeness (QED) is 0.353. The lowest BCUT2D eigenvalue weighted by Crippen LogP contribution is -2.40. The Morgan fingerprint density at radius 3 is 2.86 bits per heavy atom. The number of ether oxygens (including phenoxy) is 1. The molecule has 0 spiro atoms. The Labute approximate surface area is 120 Å². The lowest BCUT2D eigenvalue weighted by molar-refractivity contribution is -0.119. The molecule has 0 unspecified atom stereocenters. The molecule has 1 aromatic carbocycles. The molecule has 0 atom stereocenters. The molecule has 1 aromatic heterocycles. The zero-order chi connectivity index (χ0) is 15.2. The largest absolute Gasteiger partial charge is 0.495 e. The van der Waals surface area contributed by atoms with Gasteiger partial charge in [0.1, 0.15) is 24.1 Å². The van der Waals surface area contributed by atoms with Gasteiger partial charge in [0.2, 0.25) is 5.91 Å². The number of anilines is 1. The van der Waals surface area contributed by atoms with Crippen LogP contribution >= 0.6 is 0 Å². The smallest absolute Gasteiger partial charge is 0.232 e. The Morgan fingerprint density at radius 1 is 1.43 bits per heavy atom. The van der Waals surface area contributed by atoms with E-state index in [2.05, 4.69) is 26.5 Å². The zero-order valence-electron chi connectivity index (χ0n) is 11.5. The molecular weight excluding hydrogens is 274 g/mol. The van der Waals surface area contributed by atoms with Crippen LogP contribution in [-0.2, 0) is 4.79 Å². The Bertz CT molecular complexity index is 639. The summed E-state index contributed by atoms with van der Waals surface area (Å²) in [5.74, 6) is 0.360. The van der Waals surface area contributed by atoms with Crippen molar-refractivity contribution in [2.24, 2.45) is 0 Å². The van der Waals surface area contributed by atoms with E-state index in [-0.39, 0.29) is 11.7 Å². The molecule has 1 amide bonds. The van der Waals surface area contributed by atoms with Crippen LogP contribution in [-0.4, -0.2) is 33.6 Å². The average molecular weight is 289 g/mol. The standard InChI is InChI=1S/C12H15N7O2/c1-8(20)16-18-17-11-9(4-3-5-10(11)21-2)12(13)19-7-14-6-15-19/h3-7,13,17-18H,1-2H3,(H,16,20). The van der Waals surface area contributed by atoms with Gasteiger partial charge >= 0.3 is 0 Å². The van der Waals surface area contributed by atoms with Gasteiger partial charge in [0.15, 0.2) is 5.84 Å². The molecule has 110 valence electrons. The first-order valence-electron chi connectivity index (χ1n) is 6.02. The van der Waals surface area contributed by atoms with Crippen molar-refractivity contribution in [2.45, 2.75) is 6.92 Å². The molecule has 2 aromatic rings. The fraction of sp³-hybridized carbons (Fsp3) is 0.167. The number of benzene rings is 1. The number of hydrogen-bond donors (Lipinski definition) is 4. The molecule has 0 saturated heterocycles. The number of amides is 1. The highest BCUT2D eigenvalue weighted by molar-refractivity contribution is 6.03. The molecule has 0 aliphatic carbocycles. The summed E-state index contributed by atoms with van der Waals surface area (Å²) < 4.78 is 6.57. The molecule has 1 heterocycles. The van der Waals surface area contributed by atoms with Gasteiger partial charge < -0.3 is 4.74 Å². The van der Waals surface area contributed by atoms with Crippen molar-refractivity contribution < 1.29 is 9.53 Å². The van der Waals surface area contributed by atoms with Gasteiger partial charge in [-0.1, -0.05) is 6.07 Å². The fourth-order valence-corrected chi connectivity index (χ4v) is 1.66. The second-order valence-electron chi connectivity index (χ2n) is 4.00. The molecule has 0 bridgehead atoms. The summed E-state index contributed by atoms with van der Waals surface area (Å²) in [6, 6.07) is 5.21. The maximum atomic E-state index is 10.9. The van der Waals surface area contributed by atoms with E-state index in [1.807, 2.05) is 0 Å². The predicted molar refractivity (Wildman–Crippen MR) is 75.8 cm³/mol. The summed E-state index contributed by atoms with van der Waals surface area (Å²) >= 11 is 0. The number of hydrazine groups is 2. The lowest BCUT2D eigenvalue weighted by atomic mass is 10.1. The van der Waals surface area contributed by atoms with Crippen LogP contribution in [0.15, 0.2) is 30.9 Å². The minimum Gasteiger partial charge on any atom is -0.495 e.